The largest absolute Gasteiger partial charge is 0.444 e. The van der Waals surface area contributed by atoms with Crippen LogP contribution >= 0.6 is 22.6 Å². The Balaban J connectivity index is 2.86. The molecule has 0 unspecified atom stereocenters. The SMILES string of the molecule is CC(C)[C@H](NC(=O)OC(C)(C)C)C(=O)N(N)c1ccc(I)cc1. The highest BCUT2D eigenvalue weighted by Crippen LogP contribution is 2.17. The molecule has 23 heavy (non-hydrogen) atoms. The molecule has 128 valence electrons. The van der Waals surface area contributed by atoms with Crippen molar-refractivity contribution in [3.63, 3.8) is 0 Å². The van der Waals surface area contributed by atoms with E-state index >= 15 is 0 Å². The fraction of sp³-hybridized carbons (Fsp3) is 0.500. The second kappa shape index (κ2) is 7.96. The summed E-state index contributed by atoms with van der Waals surface area (Å²) in [6.07, 6.45) is -0.638. The Labute approximate surface area is 150 Å². The molecule has 3 N–H and O–H groups in total. The molecule has 7 heteroatoms. The number of benzene rings is 1. The molecule has 6 nitrogen and oxygen atoms in total. The van der Waals surface area contributed by atoms with Gasteiger partial charge in [0.1, 0.15) is 11.6 Å². The van der Waals surface area contributed by atoms with Crippen molar-refractivity contribution >= 4 is 40.3 Å². The number of carbonyl (C=O) groups excluding carboxylic acids is 2. The van der Waals surface area contributed by atoms with Gasteiger partial charge in [0.15, 0.2) is 0 Å². The quantitative estimate of drug-likeness (QED) is 0.331. The molecular weight excluding hydrogens is 409 g/mol. The molecule has 1 atom stereocenters. The highest BCUT2D eigenvalue weighted by Gasteiger charge is 2.30. The first-order valence-electron chi connectivity index (χ1n) is 7.35. The molecule has 0 aliphatic heterocycles. The van der Waals surface area contributed by atoms with Crippen LogP contribution in [0.5, 0.6) is 0 Å². The number of hydrogen-bond donors (Lipinski definition) is 2. The van der Waals surface area contributed by atoms with Gasteiger partial charge in [-0.25, -0.2) is 15.6 Å². The molecular formula is C16H24IN3O3. The fourth-order valence-corrected chi connectivity index (χ4v) is 2.19. The van der Waals surface area contributed by atoms with Crippen molar-refractivity contribution in [2.75, 3.05) is 5.01 Å². The maximum atomic E-state index is 12.6. The highest BCUT2D eigenvalue weighted by molar-refractivity contribution is 14.1. The van der Waals surface area contributed by atoms with Crippen molar-refractivity contribution in [1.82, 2.24) is 5.32 Å². The van der Waals surface area contributed by atoms with E-state index in [9.17, 15) is 9.59 Å². The normalized spacial score (nSPS) is 12.7. The summed E-state index contributed by atoms with van der Waals surface area (Å²) in [5.74, 6) is 5.39. The summed E-state index contributed by atoms with van der Waals surface area (Å²) in [6, 6.07) is 6.45. The Kier molecular flexibility index (Phi) is 6.82. The summed E-state index contributed by atoms with van der Waals surface area (Å²) in [5, 5.41) is 3.65. The first-order valence-corrected chi connectivity index (χ1v) is 8.43. The monoisotopic (exact) mass is 433 g/mol. The van der Waals surface area contributed by atoms with Crippen LogP contribution in [0, 0.1) is 9.49 Å². The van der Waals surface area contributed by atoms with E-state index in [0.717, 1.165) is 8.58 Å². The van der Waals surface area contributed by atoms with Crippen LogP contribution in [0.25, 0.3) is 0 Å². The third-order valence-corrected chi connectivity index (χ3v) is 3.67. The van der Waals surface area contributed by atoms with E-state index in [1.807, 2.05) is 26.0 Å². The maximum absolute atomic E-state index is 12.6. The van der Waals surface area contributed by atoms with E-state index in [4.69, 9.17) is 10.6 Å². The van der Waals surface area contributed by atoms with Gasteiger partial charge in [0, 0.05) is 3.57 Å². The van der Waals surface area contributed by atoms with Gasteiger partial charge in [0.25, 0.3) is 5.91 Å². The van der Waals surface area contributed by atoms with Crippen molar-refractivity contribution in [3.8, 4) is 0 Å². The Morgan fingerprint density at radius 1 is 1.22 bits per heavy atom. The molecule has 0 aliphatic carbocycles. The van der Waals surface area contributed by atoms with Gasteiger partial charge in [0.05, 0.1) is 5.69 Å². The predicted molar refractivity (Wildman–Crippen MR) is 98.8 cm³/mol. The van der Waals surface area contributed by atoms with Gasteiger partial charge >= 0.3 is 6.09 Å². The molecule has 0 fully saturated rings. The van der Waals surface area contributed by atoms with E-state index in [1.54, 1.807) is 32.9 Å². The molecule has 1 aromatic rings. The number of nitrogens with one attached hydrogen (secondary N) is 1. The van der Waals surface area contributed by atoms with E-state index < -0.39 is 23.6 Å². The number of rotatable bonds is 4. The van der Waals surface area contributed by atoms with Crippen LogP contribution in [0.1, 0.15) is 34.6 Å². The molecule has 0 aliphatic rings. The lowest BCUT2D eigenvalue weighted by Gasteiger charge is -2.28. The summed E-state index contributed by atoms with van der Waals surface area (Å²) in [5.41, 5.74) is -0.0697. The van der Waals surface area contributed by atoms with Crippen molar-refractivity contribution in [3.05, 3.63) is 27.8 Å². The number of hydrogen-bond acceptors (Lipinski definition) is 4. The Bertz CT molecular complexity index is 553. The highest BCUT2D eigenvalue weighted by atomic mass is 127. The third kappa shape index (κ3) is 6.34. The molecule has 0 saturated heterocycles. The van der Waals surface area contributed by atoms with Gasteiger partial charge < -0.3 is 10.1 Å². The first kappa shape index (κ1) is 19.7. The van der Waals surface area contributed by atoms with Crippen LogP contribution in [0.2, 0.25) is 0 Å². The minimum Gasteiger partial charge on any atom is -0.444 e. The van der Waals surface area contributed by atoms with Gasteiger partial charge in [-0.15, -0.1) is 0 Å². The summed E-state index contributed by atoms with van der Waals surface area (Å²) in [6.45, 7) is 8.96. The average Bonchev–Trinajstić information content (AvgIpc) is 2.42. The molecule has 2 amide bonds. The molecule has 0 radical (unpaired) electrons. The standard InChI is InChI=1S/C16H24IN3O3/c1-10(2)13(19-15(22)23-16(3,4)5)14(21)20(18)12-8-6-11(17)7-9-12/h6-10,13H,18H2,1-5H3,(H,19,22)/t13-/m0/s1. The van der Waals surface area contributed by atoms with Gasteiger partial charge in [-0.3, -0.25) is 4.79 Å². The Morgan fingerprint density at radius 3 is 2.17 bits per heavy atom. The Morgan fingerprint density at radius 2 is 1.74 bits per heavy atom. The van der Waals surface area contributed by atoms with Crippen molar-refractivity contribution in [2.45, 2.75) is 46.3 Å². The number of nitrogens with two attached hydrogens (primary N) is 1. The lowest BCUT2D eigenvalue weighted by atomic mass is 10.0. The zero-order chi connectivity index (χ0) is 17.8. The first-order chi connectivity index (χ1) is 10.5. The number of alkyl carbamates (subject to hydrolysis) is 1. The van der Waals surface area contributed by atoms with Gasteiger partial charge in [-0.05, 0) is 73.5 Å². The zero-order valence-corrected chi connectivity index (χ0v) is 16.2. The molecule has 1 rings (SSSR count). The minimum atomic E-state index is -0.769. The number of nitrogens with zero attached hydrogens (tertiary/aromatic N) is 1. The van der Waals surface area contributed by atoms with Crippen LogP contribution in [0.3, 0.4) is 0 Å². The van der Waals surface area contributed by atoms with Crippen molar-refractivity contribution < 1.29 is 14.3 Å². The smallest absolute Gasteiger partial charge is 0.408 e. The third-order valence-electron chi connectivity index (χ3n) is 2.95. The van der Waals surface area contributed by atoms with Crippen LogP contribution in [-0.4, -0.2) is 23.6 Å². The molecule has 0 heterocycles. The summed E-state index contributed by atoms with van der Waals surface area (Å²) < 4.78 is 6.25. The van der Waals surface area contributed by atoms with Gasteiger partial charge in [-0.2, -0.15) is 0 Å². The van der Waals surface area contributed by atoms with E-state index in [0.29, 0.717) is 5.69 Å². The topological polar surface area (TPSA) is 84.7 Å². The van der Waals surface area contributed by atoms with Crippen LogP contribution < -0.4 is 16.2 Å². The molecule has 0 bridgehead atoms. The van der Waals surface area contributed by atoms with Crippen LogP contribution in [0.15, 0.2) is 24.3 Å². The van der Waals surface area contributed by atoms with Gasteiger partial charge in [0.2, 0.25) is 0 Å². The molecule has 0 aromatic heterocycles. The summed E-state index contributed by atoms with van der Waals surface area (Å²) in [7, 11) is 0. The number of amides is 2. The number of hydrazine groups is 1. The lowest BCUT2D eigenvalue weighted by Crippen LogP contribution is -2.54. The average molecular weight is 433 g/mol. The predicted octanol–water partition coefficient (Wildman–Crippen LogP) is 3.05. The molecule has 1 aromatic carbocycles. The number of ether oxygens (including phenoxy) is 1. The van der Waals surface area contributed by atoms with Gasteiger partial charge in [-0.1, -0.05) is 13.8 Å². The maximum Gasteiger partial charge on any atom is 0.408 e. The van der Waals surface area contributed by atoms with Crippen LogP contribution in [-0.2, 0) is 9.53 Å². The second-order valence-electron chi connectivity index (χ2n) is 6.55. The number of anilines is 1. The van der Waals surface area contributed by atoms with E-state index in [1.165, 1.54) is 0 Å². The summed E-state index contributed by atoms with van der Waals surface area (Å²) in [4.78, 5) is 24.5. The number of halogens is 1. The zero-order valence-electron chi connectivity index (χ0n) is 14.1. The summed E-state index contributed by atoms with van der Waals surface area (Å²) >= 11 is 2.17. The fourth-order valence-electron chi connectivity index (χ4n) is 1.83. The van der Waals surface area contributed by atoms with E-state index in [2.05, 4.69) is 27.9 Å². The molecule has 0 saturated carbocycles. The minimum absolute atomic E-state index is 0.134. The Hall–Kier alpha value is -1.35. The number of carbonyl (C=O) groups is 2. The van der Waals surface area contributed by atoms with E-state index in [-0.39, 0.29) is 5.92 Å². The molecule has 0 spiro atoms. The second-order valence-corrected chi connectivity index (χ2v) is 7.80. The van der Waals surface area contributed by atoms with Crippen LogP contribution in [0.4, 0.5) is 10.5 Å². The lowest BCUT2D eigenvalue weighted by molar-refractivity contribution is -0.121. The van der Waals surface area contributed by atoms with Crippen molar-refractivity contribution in [1.29, 1.82) is 0 Å². The van der Waals surface area contributed by atoms with Crippen molar-refractivity contribution in [2.24, 2.45) is 11.8 Å².